The highest BCUT2D eigenvalue weighted by molar-refractivity contribution is 5.76. The first-order chi connectivity index (χ1) is 8.50. The van der Waals surface area contributed by atoms with E-state index in [-0.39, 0.29) is 11.8 Å². The molecule has 1 rings (SSSR count). The fraction of sp³-hybridized carbons (Fsp3) is 0.933. The Labute approximate surface area is 111 Å². The van der Waals surface area contributed by atoms with Crippen molar-refractivity contribution in [3.63, 3.8) is 0 Å². The van der Waals surface area contributed by atoms with Crippen molar-refractivity contribution in [1.29, 1.82) is 0 Å². The normalized spacial score (nSPS) is 20.7. The molecule has 0 aromatic rings. The van der Waals surface area contributed by atoms with Crippen LogP contribution in [0.3, 0.4) is 0 Å². The average Bonchev–Trinajstić information content (AvgIpc) is 2.36. The average molecular weight is 255 g/mol. The van der Waals surface area contributed by atoms with Crippen molar-refractivity contribution < 1.29 is 9.90 Å². The molecule has 0 radical (unpaired) electrons. The molecule has 1 saturated carbocycles. The Morgan fingerprint density at radius 3 is 2.39 bits per heavy atom. The van der Waals surface area contributed by atoms with E-state index in [1.807, 2.05) is 13.8 Å². The lowest BCUT2D eigenvalue weighted by molar-refractivity contribution is -0.123. The number of carbonyl (C=O) groups excluding carboxylic acids is 1. The highest BCUT2D eigenvalue weighted by atomic mass is 16.3. The van der Waals surface area contributed by atoms with Crippen LogP contribution in [-0.4, -0.2) is 23.7 Å². The molecular weight excluding hydrogens is 226 g/mol. The lowest BCUT2D eigenvalue weighted by Gasteiger charge is -2.27. The van der Waals surface area contributed by atoms with Gasteiger partial charge in [-0.2, -0.15) is 0 Å². The molecule has 2 unspecified atom stereocenters. The SMILES string of the molecule is CC(C)C(O)CNC(=O)CC(C)C1CCCCC1. The summed E-state index contributed by atoms with van der Waals surface area (Å²) in [4.78, 5) is 11.8. The highest BCUT2D eigenvalue weighted by Gasteiger charge is 2.22. The van der Waals surface area contributed by atoms with Crippen molar-refractivity contribution in [2.45, 2.75) is 65.4 Å². The van der Waals surface area contributed by atoms with E-state index in [0.29, 0.717) is 18.9 Å². The molecule has 1 aliphatic rings. The third kappa shape index (κ3) is 5.38. The van der Waals surface area contributed by atoms with E-state index < -0.39 is 6.10 Å². The minimum absolute atomic E-state index is 0.0905. The van der Waals surface area contributed by atoms with Crippen molar-refractivity contribution in [3.05, 3.63) is 0 Å². The Balaban J connectivity index is 2.22. The molecule has 3 heteroatoms. The van der Waals surface area contributed by atoms with Crippen LogP contribution < -0.4 is 5.32 Å². The second-order valence-corrected chi connectivity index (χ2v) is 6.19. The molecule has 106 valence electrons. The van der Waals surface area contributed by atoms with Gasteiger partial charge in [-0.15, -0.1) is 0 Å². The fourth-order valence-electron chi connectivity index (χ4n) is 2.69. The summed E-state index contributed by atoms with van der Waals surface area (Å²) in [5, 5.41) is 12.5. The number of rotatable bonds is 6. The minimum atomic E-state index is -0.432. The third-order valence-corrected chi connectivity index (χ3v) is 4.24. The Kier molecular flexibility index (Phi) is 6.69. The second kappa shape index (κ2) is 7.78. The molecule has 3 nitrogen and oxygen atoms in total. The van der Waals surface area contributed by atoms with E-state index in [4.69, 9.17) is 0 Å². The summed E-state index contributed by atoms with van der Waals surface area (Å²) in [5.74, 6) is 1.48. The number of hydrogen-bond acceptors (Lipinski definition) is 2. The molecule has 0 aromatic heterocycles. The fourth-order valence-corrected chi connectivity index (χ4v) is 2.69. The van der Waals surface area contributed by atoms with Gasteiger partial charge in [-0.05, 0) is 17.8 Å². The molecule has 1 amide bonds. The number of amides is 1. The van der Waals surface area contributed by atoms with E-state index in [2.05, 4.69) is 12.2 Å². The topological polar surface area (TPSA) is 49.3 Å². The summed E-state index contributed by atoms with van der Waals surface area (Å²) in [6.07, 6.45) is 6.74. The van der Waals surface area contributed by atoms with Gasteiger partial charge in [-0.3, -0.25) is 4.79 Å². The Morgan fingerprint density at radius 1 is 1.22 bits per heavy atom. The van der Waals surface area contributed by atoms with Crippen LogP contribution in [0.1, 0.15) is 59.3 Å². The molecule has 0 heterocycles. The van der Waals surface area contributed by atoms with Crippen LogP contribution in [0.25, 0.3) is 0 Å². The van der Waals surface area contributed by atoms with Gasteiger partial charge >= 0.3 is 0 Å². The monoisotopic (exact) mass is 255 g/mol. The van der Waals surface area contributed by atoms with Gasteiger partial charge in [0.25, 0.3) is 0 Å². The van der Waals surface area contributed by atoms with Crippen molar-refractivity contribution in [2.24, 2.45) is 17.8 Å². The standard InChI is InChI=1S/C15H29NO2/c1-11(2)14(17)10-16-15(18)9-12(3)13-7-5-4-6-8-13/h11-14,17H,4-10H2,1-3H3,(H,16,18). The zero-order valence-corrected chi connectivity index (χ0v) is 12.1. The van der Waals surface area contributed by atoms with Crippen molar-refractivity contribution >= 4 is 5.91 Å². The molecule has 0 bridgehead atoms. The molecule has 0 aliphatic heterocycles. The summed E-state index contributed by atoms with van der Waals surface area (Å²) in [5.41, 5.74) is 0. The number of aliphatic hydroxyl groups is 1. The molecule has 0 saturated heterocycles. The van der Waals surface area contributed by atoms with Gasteiger partial charge in [0, 0.05) is 13.0 Å². The quantitative estimate of drug-likeness (QED) is 0.766. The Bertz CT molecular complexity index is 247. The summed E-state index contributed by atoms with van der Waals surface area (Å²) in [6.45, 7) is 6.49. The predicted molar refractivity (Wildman–Crippen MR) is 74.2 cm³/mol. The van der Waals surface area contributed by atoms with Gasteiger partial charge in [0.15, 0.2) is 0 Å². The smallest absolute Gasteiger partial charge is 0.220 e. The van der Waals surface area contributed by atoms with Gasteiger partial charge in [-0.25, -0.2) is 0 Å². The maximum absolute atomic E-state index is 11.8. The van der Waals surface area contributed by atoms with Gasteiger partial charge in [-0.1, -0.05) is 52.9 Å². The van der Waals surface area contributed by atoms with Gasteiger partial charge < -0.3 is 10.4 Å². The molecule has 0 spiro atoms. The van der Waals surface area contributed by atoms with Crippen LogP contribution in [0.5, 0.6) is 0 Å². The van der Waals surface area contributed by atoms with Gasteiger partial charge in [0.1, 0.15) is 0 Å². The summed E-state index contributed by atoms with van der Waals surface area (Å²) >= 11 is 0. The highest BCUT2D eigenvalue weighted by Crippen LogP contribution is 2.31. The number of carbonyl (C=O) groups is 1. The largest absolute Gasteiger partial charge is 0.391 e. The molecule has 0 aromatic carbocycles. The second-order valence-electron chi connectivity index (χ2n) is 6.19. The zero-order valence-electron chi connectivity index (χ0n) is 12.1. The molecule has 1 aliphatic carbocycles. The van der Waals surface area contributed by atoms with E-state index in [1.165, 1.54) is 32.1 Å². The molecule has 18 heavy (non-hydrogen) atoms. The predicted octanol–water partition coefficient (Wildman–Crippen LogP) is 2.73. The van der Waals surface area contributed by atoms with E-state index in [0.717, 1.165) is 5.92 Å². The Hall–Kier alpha value is -0.570. The molecular formula is C15H29NO2. The van der Waals surface area contributed by atoms with Crippen molar-refractivity contribution in [3.8, 4) is 0 Å². The number of hydrogen-bond donors (Lipinski definition) is 2. The number of nitrogens with one attached hydrogen (secondary N) is 1. The first-order valence-electron chi connectivity index (χ1n) is 7.45. The van der Waals surface area contributed by atoms with Crippen LogP contribution in [-0.2, 0) is 4.79 Å². The number of aliphatic hydroxyl groups excluding tert-OH is 1. The molecule has 2 N–H and O–H groups in total. The van der Waals surface area contributed by atoms with E-state index >= 15 is 0 Å². The van der Waals surface area contributed by atoms with Crippen molar-refractivity contribution in [2.75, 3.05) is 6.54 Å². The first-order valence-corrected chi connectivity index (χ1v) is 7.45. The summed E-state index contributed by atoms with van der Waals surface area (Å²) in [6, 6.07) is 0. The molecule has 2 atom stereocenters. The lowest BCUT2D eigenvalue weighted by Crippen LogP contribution is -2.36. The summed E-state index contributed by atoms with van der Waals surface area (Å²) in [7, 11) is 0. The van der Waals surface area contributed by atoms with E-state index in [9.17, 15) is 9.90 Å². The van der Waals surface area contributed by atoms with Crippen LogP contribution in [0.4, 0.5) is 0 Å². The Morgan fingerprint density at radius 2 is 1.83 bits per heavy atom. The third-order valence-electron chi connectivity index (χ3n) is 4.24. The minimum Gasteiger partial charge on any atom is -0.391 e. The maximum Gasteiger partial charge on any atom is 0.220 e. The molecule has 1 fully saturated rings. The van der Waals surface area contributed by atoms with Crippen LogP contribution in [0, 0.1) is 17.8 Å². The van der Waals surface area contributed by atoms with Crippen molar-refractivity contribution in [1.82, 2.24) is 5.32 Å². The zero-order chi connectivity index (χ0) is 13.5. The maximum atomic E-state index is 11.8. The van der Waals surface area contributed by atoms with Crippen LogP contribution in [0.2, 0.25) is 0 Å². The van der Waals surface area contributed by atoms with Gasteiger partial charge in [0.05, 0.1) is 6.10 Å². The van der Waals surface area contributed by atoms with E-state index in [1.54, 1.807) is 0 Å². The van der Waals surface area contributed by atoms with Crippen LogP contribution >= 0.6 is 0 Å². The summed E-state index contributed by atoms with van der Waals surface area (Å²) < 4.78 is 0. The first kappa shape index (κ1) is 15.5. The van der Waals surface area contributed by atoms with Crippen LogP contribution in [0.15, 0.2) is 0 Å². The lowest BCUT2D eigenvalue weighted by atomic mass is 9.79. The van der Waals surface area contributed by atoms with Gasteiger partial charge in [0.2, 0.25) is 5.91 Å².